The number of rotatable bonds is 7. The molecule has 0 saturated carbocycles. The summed E-state index contributed by atoms with van der Waals surface area (Å²) in [6, 6.07) is 11.1. The zero-order chi connectivity index (χ0) is 20.1. The fourth-order valence-electron chi connectivity index (χ4n) is 3.57. The van der Waals surface area contributed by atoms with Gasteiger partial charge in [-0.05, 0) is 50.6 Å². The first-order valence-corrected chi connectivity index (χ1v) is 9.77. The molecule has 1 aliphatic heterocycles. The van der Waals surface area contributed by atoms with E-state index < -0.39 is 0 Å². The molecule has 0 aromatic heterocycles. The molecular formula is C23H27NO4. The average Bonchev–Trinajstić information content (AvgIpc) is 2.67. The molecule has 1 atom stereocenters. The van der Waals surface area contributed by atoms with Gasteiger partial charge in [-0.1, -0.05) is 17.7 Å². The Labute approximate surface area is 166 Å². The molecule has 1 amide bonds. The number of ether oxygens (including phenoxy) is 2. The molecule has 0 radical (unpaired) electrons. The molecule has 2 aromatic carbocycles. The van der Waals surface area contributed by atoms with Gasteiger partial charge in [-0.25, -0.2) is 0 Å². The third-order valence-corrected chi connectivity index (χ3v) is 4.88. The van der Waals surface area contributed by atoms with Crippen LogP contribution in [-0.4, -0.2) is 24.9 Å². The predicted molar refractivity (Wildman–Crippen MR) is 108 cm³/mol. The number of aryl methyl sites for hydroxylation is 2. The summed E-state index contributed by atoms with van der Waals surface area (Å²) in [5, 5.41) is 3.07. The van der Waals surface area contributed by atoms with Crippen molar-refractivity contribution >= 4 is 11.7 Å². The number of benzene rings is 2. The second-order valence-corrected chi connectivity index (χ2v) is 7.14. The highest BCUT2D eigenvalue weighted by atomic mass is 16.5. The molecule has 5 heteroatoms. The normalized spacial score (nSPS) is 15.3. The van der Waals surface area contributed by atoms with Crippen molar-refractivity contribution < 1.29 is 19.1 Å². The van der Waals surface area contributed by atoms with Crippen LogP contribution in [0.3, 0.4) is 0 Å². The summed E-state index contributed by atoms with van der Waals surface area (Å²) in [5.41, 5.74) is 3.85. The Morgan fingerprint density at radius 3 is 2.61 bits per heavy atom. The smallest absolute Gasteiger partial charge is 0.220 e. The minimum atomic E-state index is -0.115. The Kier molecular flexibility index (Phi) is 6.34. The lowest BCUT2D eigenvalue weighted by Gasteiger charge is -2.28. The van der Waals surface area contributed by atoms with Crippen LogP contribution in [0.5, 0.6) is 11.5 Å². The topological polar surface area (TPSA) is 64.6 Å². The SMILES string of the molecule is CCOc1ccc(C(=O)CCC(=O)NC2CCOc3c(C)cc(C)cc32)cc1. The van der Waals surface area contributed by atoms with E-state index in [1.54, 1.807) is 24.3 Å². The van der Waals surface area contributed by atoms with Gasteiger partial charge in [0.1, 0.15) is 11.5 Å². The highest BCUT2D eigenvalue weighted by Crippen LogP contribution is 2.35. The number of hydrogen-bond donors (Lipinski definition) is 1. The minimum Gasteiger partial charge on any atom is -0.494 e. The Bertz CT molecular complexity index is 858. The van der Waals surface area contributed by atoms with E-state index in [4.69, 9.17) is 9.47 Å². The molecule has 148 valence electrons. The van der Waals surface area contributed by atoms with Gasteiger partial charge in [0.25, 0.3) is 0 Å². The monoisotopic (exact) mass is 381 g/mol. The zero-order valence-electron chi connectivity index (χ0n) is 16.7. The van der Waals surface area contributed by atoms with E-state index in [0.717, 1.165) is 34.6 Å². The molecule has 1 unspecified atom stereocenters. The van der Waals surface area contributed by atoms with E-state index in [1.807, 2.05) is 20.8 Å². The van der Waals surface area contributed by atoms with Crippen molar-refractivity contribution in [2.24, 2.45) is 0 Å². The van der Waals surface area contributed by atoms with Gasteiger partial charge < -0.3 is 14.8 Å². The summed E-state index contributed by atoms with van der Waals surface area (Å²) in [6.07, 6.45) is 1.08. The summed E-state index contributed by atoms with van der Waals surface area (Å²) in [5.74, 6) is 1.45. The van der Waals surface area contributed by atoms with Crippen LogP contribution >= 0.6 is 0 Å². The molecule has 2 aromatic rings. The third-order valence-electron chi connectivity index (χ3n) is 4.88. The number of fused-ring (bicyclic) bond motifs is 1. The molecule has 0 spiro atoms. The van der Waals surface area contributed by atoms with E-state index in [9.17, 15) is 9.59 Å². The second-order valence-electron chi connectivity index (χ2n) is 7.14. The Morgan fingerprint density at radius 1 is 1.14 bits per heavy atom. The second kappa shape index (κ2) is 8.91. The van der Waals surface area contributed by atoms with E-state index >= 15 is 0 Å². The van der Waals surface area contributed by atoms with Gasteiger partial charge in [0.05, 0.1) is 19.3 Å². The molecule has 0 fully saturated rings. The number of amides is 1. The molecule has 0 bridgehead atoms. The van der Waals surface area contributed by atoms with Crippen molar-refractivity contribution in [3.63, 3.8) is 0 Å². The van der Waals surface area contributed by atoms with Crippen molar-refractivity contribution in [3.05, 3.63) is 58.7 Å². The summed E-state index contributed by atoms with van der Waals surface area (Å²) < 4.78 is 11.2. The van der Waals surface area contributed by atoms with Gasteiger partial charge in [-0.2, -0.15) is 0 Å². The zero-order valence-corrected chi connectivity index (χ0v) is 16.7. The number of nitrogens with one attached hydrogen (secondary N) is 1. The summed E-state index contributed by atoms with van der Waals surface area (Å²) in [7, 11) is 0. The van der Waals surface area contributed by atoms with Crippen molar-refractivity contribution in [1.29, 1.82) is 0 Å². The van der Waals surface area contributed by atoms with Crippen molar-refractivity contribution in [2.75, 3.05) is 13.2 Å². The lowest BCUT2D eigenvalue weighted by Crippen LogP contribution is -2.32. The molecule has 0 saturated heterocycles. The molecule has 1 N–H and O–H groups in total. The van der Waals surface area contributed by atoms with Crippen molar-refractivity contribution in [2.45, 2.75) is 46.1 Å². The van der Waals surface area contributed by atoms with Crippen LogP contribution in [0.4, 0.5) is 0 Å². The van der Waals surface area contributed by atoms with Gasteiger partial charge >= 0.3 is 0 Å². The number of ketones is 1. The van der Waals surface area contributed by atoms with Gasteiger partial charge in [-0.3, -0.25) is 9.59 Å². The molecule has 3 rings (SSSR count). The average molecular weight is 381 g/mol. The molecular weight excluding hydrogens is 354 g/mol. The third kappa shape index (κ3) is 4.71. The van der Waals surface area contributed by atoms with E-state index in [0.29, 0.717) is 18.8 Å². The molecule has 28 heavy (non-hydrogen) atoms. The maximum absolute atomic E-state index is 12.4. The first kappa shape index (κ1) is 19.9. The minimum absolute atomic E-state index is 0.0442. The van der Waals surface area contributed by atoms with Gasteiger partial charge in [0, 0.05) is 30.4 Å². The van der Waals surface area contributed by atoms with Crippen LogP contribution in [0.2, 0.25) is 0 Å². The Hall–Kier alpha value is -2.82. The standard InChI is InChI=1S/C23H27NO4/c1-4-27-18-7-5-17(6-8-18)21(25)9-10-22(26)24-20-11-12-28-23-16(3)13-15(2)14-19(20)23/h5-8,13-14,20H,4,9-12H2,1-3H3,(H,24,26). The highest BCUT2D eigenvalue weighted by Gasteiger charge is 2.24. The van der Waals surface area contributed by atoms with Crippen molar-refractivity contribution in [3.8, 4) is 11.5 Å². The summed E-state index contributed by atoms with van der Waals surface area (Å²) in [6.45, 7) is 7.13. The fraction of sp³-hybridized carbons (Fsp3) is 0.391. The van der Waals surface area contributed by atoms with Crippen LogP contribution in [0.15, 0.2) is 36.4 Å². The van der Waals surface area contributed by atoms with E-state index in [-0.39, 0.29) is 30.6 Å². The highest BCUT2D eigenvalue weighted by molar-refractivity contribution is 5.98. The van der Waals surface area contributed by atoms with Crippen LogP contribution in [-0.2, 0) is 4.79 Å². The van der Waals surface area contributed by atoms with Crippen molar-refractivity contribution in [1.82, 2.24) is 5.32 Å². The fourth-order valence-corrected chi connectivity index (χ4v) is 3.57. The van der Waals surface area contributed by atoms with E-state index in [1.165, 1.54) is 0 Å². The number of carbonyl (C=O) groups is 2. The Balaban J connectivity index is 1.57. The molecule has 1 heterocycles. The van der Waals surface area contributed by atoms with Gasteiger partial charge in [-0.15, -0.1) is 0 Å². The first-order chi connectivity index (χ1) is 13.5. The Morgan fingerprint density at radius 2 is 1.89 bits per heavy atom. The molecule has 0 aliphatic carbocycles. The van der Waals surface area contributed by atoms with Crippen LogP contribution in [0.25, 0.3) is 0 Å². The maximum Gasteiger partial charge on any atom is 0.220 e. The molecule has 1 aliphatic rings. The number of carbonyl (C=O) groups excluding carboxylic acids is 2. The van der Waals surface area contributed by atoms with Gasteiger partial charge in [0.2, 0.25) is 5.91 Å². The quantitative estimate of drug-likeness (QED) is 0.726. The predicted octanol–water partition coefficient (Wildman–Crippen LogP) is 4.31. The molecule has 5 nitrogen and oxygen atoms in total. The first-order valence-electron chi connectivity index (χ1n) is 9.77. The van der Waals surface area contributed by atoms with E-state index in [2.05, 4.69) is 17.4 Å². The maximum atomic E-state index is 12.4. The summed E-state index contributed by atoms with van der Waals surface area (Å²) in [4.78, 5) is 24.8. The van der Waals surface area contributed by atoms with Gasteiger partial charge in [0.15, 0.2) is 5.78 Å². The van der Waals surface area contributed by atoms with Crippen LogP contribution in [0.1, 0.15) is 59.3 Å². The number of hydrogen-bond acceptors (Lipinski definition) is 4. The van der Waals surface area contributed by atoms with Crippen LogP contribution in [0, 0.1) is 13.8 Å². The largest absolute Gasteiger partial charge is 0.494 e. The number of Topliss-reactive ketones (excluding diaryl/α,β-unsaturated/α-hetero) is 1. The lowest BCUT2D eigenvalue weighted by atomic mass is 9.95. The van der Waals surface area contributed by atoms with Crippen LogP contribution < -0.4 is 14.8 Å². The summed E-state index contributed by atoms with van der Waals surface area (Å²) >= 11 is 0. The lowest BCUT2D eigenvalue weighted by molar-refractivity contribution is -0.122.